The van der Waals surface area contributed by atoms with Crippen molar-refractivity contribution in [3.63, 3.8) is 0 Å². The van der Waals surface area contributed by atoms with E-state index in [1.165, 1.54) is 12.3 Å². The third-order valence-corrected chi connectivity index (χ3v) is 3.84. The van der Waals surface area contributed by atoms with Gasteiger partial charge in [-0.05, 0) is 18.1 Å². The van der Waals surface area contributed by atoms with Crippen LogP contribution in [0.1, 0.15) is 31.4 Å². The molecule has 1 rings (SSSR count). The van der Waals surface area contributed by atoms with Crippen LogP contribution >= 0.6 is 0 Å². The number of rotatable bonds is 7. The number of pyridine rings is 1. The molecule has 0 aliphatic carbocycles. The molecule has 0 fully saturated rings. The first-order chi connectivity index (χ1) is 8.51. The van der Waals surface area contributed by atoms with E-state index in [2.05, 4.69) is 9.71 Å². The van der Waals surface area contributed by atoms with E-state index < -0.39 is 10.0 Å². The Morgan fingerprint density at radius 1 is 1.50 bits per heavy atom. The summed E-state index contributed by atoms with van der Waals surface area (Å²) in [5.74, 6) is 0. The maximum Gasteiger partial charge on any atom is 0.258 e. The summed E-state index contributed by atoms with van der Waals surface area (Å²) < 4.78 is 25.6. The lowest BCUT2D eigenvalue weighted by Gasteiger charge is -2.11. The van der Waals surface area contributed by atoms with Gasteiger partial charge in [0.1, 0.15) is 0 Å². The van der Waals surface area contributed by atoms with Gasteiger partial charge in [0, 0.05) is 18.8 Å². The van der Waals surface area contributed by atoms with E-state index in [0.717, 1.165) is 18.4 Å². The molecule has 0 saturated heterocycles. The molecule has 0 spiro atoms. The van der Waals surface area contributed by atoms with Crippen molar-refractivity contribution in [1.29, 1.82) is 0 Å². The molecule has 1 heterocycles. The van der Waals surface area contributed by atoms with Crippen molar-refractivity contribution in [3.05, 3.63) is 23.9 Å². The third-order valence-electron chi connectivity index (χ3n) is 2.47. The number of aliphatic hydroxyl groups excluding tert-OH is 1. The number of nitrogens with two attached hydrogens (primary N) is 1. The van der Waals surface area contributed by atoms with Gasteiger partial charge in [-0.3, -0.25) is 0 Å². The van der Waals surface area contributed by atoms with Gasteiger partial charge in [-0.25, -0.2) is 18.1 Å². The van der Waals surface area contributed by atoms with Crippen molar-refractivity contribution < 1.29 is 13.5 Å². The van der Waals surface area contributed by atoms with E-state index >= 15 is 0 Å². The van der Waals surface area contributed by atoms with Crippen LogP contribution in [0.25, 0.3) is 0 Å². The Bertz CT molecular complexity index is 459. The van der Waals surface area contributed by atoms with Gasteiger partial charge in [0.15, 0.2) is 5.03 Å². The average molecular weight is 273 g/mol. The Balaban J connectivity index is 2.82. The largest absolute Gasteiger partial charge is 0.395 e. The zero-order valence-electron chi connectivity index (χ0n) is 10.3. The summed E-state index contributed by atoms with van der Waals surface area (Å²) in [5, 5.41) is 8.52. The van der Waals surface area contributed by atoms with Crippen LogP contribution in [0.2, 0.25) is 0 Å². The summed E-state index contributed by atoms with van der Waals surface area (Å²) in [6.45, 7) is 1.75. The summed E-state index contributed by atoms with van der Waals surface area (Å²) in [6.07, 6.45) is 3.27. The second-order valence-electron chi connectivity index (χ2n) is 3.95. The van der Waals surface area contributed by atoms with Gasteiger partial charge in [-0.1, -0.05) is 19.4 Å². The number of hydrogen-bond donors (Lipinski definition) is 3. The van der Waals surface area contributed by atoms with Gasteiger partial charge in [0.2, 0.25) is 0 Å². The molecule has 4 N–H and O–H groups in total. The minimum Gasteiger partial charge on any atom is -0.395 e. The van der Waals surface area contributed by atoms with Gasteiger partial charge in [-0.15, -0.1) is 0 Å². The van der Waals surface area contributed by atoms with E-state index in [1.807, 2.05) is 6.92 Å². The van der Waals surface area contributed by atoms with Gasteiger partial charge >= 0.3 is 0 Å². The van der Waals surface area contributed by atoms with E-state index in [0.29, 0.717) is 0 Å². The summed E-state index contributed by atoms with van der Waals surface area (Å²) in [6, 6.07) is 2.97. The number of hydrogen-bond acceptors (Lipinski definition) is 5. The lowest BCUT2D eigenvalue weighted by molar-refractivity contribution is 0.301. The molecule has 7 heteroatoms. The van der Waals surface area contributed by atoms with Crippen LogP contribution in [0.5, 0.6) is 0 Å². The molecule has 102 valence electrons. The number of nitrogens with zero attached hydrogens (tertiary/aromatic N) is 1. The lowest BCUT2D eigenvalue weighted by atomic mass is 10.1. The monoisotopic (exact) mass is 273 g/mol. The summed E-state index contributed by atoms with van der Waals surface area (Å²) >= 11 is 0. The van der Waals surface area contributed by atoms with E-state index in [4.69, 9.17) is 10.8 Å². The molecule has 0 saturated carbocycles. The molecular formula is C11H19N3O3S. The van der Waals surface area contributed by atoms with Crippen LogP contribution in [0.4, 0.5) is 0 Å². The molecule has 0 aromatic carbocycles. The molecule has 18 heavy (non-hydrogen) atoms. The Labute approximate surface area is 107 Å². The topological polar surface area (TPSA) is 105 Å². The molecule has 1 atom stereocenters. The smallest absolute Gasteiger partial charge is 0.258 e. The SMILES string of the molecule is CCCC(N)c1ccc(S(=O)(=O)NCCO)nc1. The normalized spacial score (nSPS) is 13.5. The van der Waals surface area contributed by atoms with Crippen LogP contribution in [0, 0.1) is 0 Å². The Kier molecular flexibility index (Phi) is 5.67. The summed E-state index contributed by atoms with van der Waals surface area (Å²) in [5.41, 5.74) is 6.72. The van der Waals surface area contributed by atoms with E-state index in [1.54, 1.807) is 6.07 Å². The molecular weight excluding hydrogens is 254 g/mol. The Hall–Kier alpha value is -1.02. The lowest BCUT2D eigenvalue weighted by Crippen LogP contribution is -2.27. The first-order valence-corrected chi connectivity index (χ1v) is 7.31. The van der Waals surface area contributed by atoms with Crippen molar-refractivity contribution in [1.82, 2.24) is 9.71 Å². The maximum atomic E-state index is 11.7. The highest BCUT2D eigenvalue weighted by Gasteiger charge is 2.15. The predicted molar refractivity (Wildman–Crippen MR) is 68.3 cm³/mol. The minimum atomic E-state index is -3.64. The molecule has 6 nitrogen and oxygen atoms in total. The molecule has 0 radical (unpaired) electrons. The van der Waals surface area contributed by atoms with Crippen molar-refractivity contribution in [2.75, 3.05) is 13.2 Å². The fraction of sp³-hybridized carbons (Fsp3) is 0.545. The zero-order valence-corrected chi connectivity index (χ0v) is 11.2. The third kappa shape index (κ3) is 4.02. The van der Waals surface area contributed by atoms with Crippen molar-refractivity contribution in [2.45, 2.75) is 30.8 Å². The molecule has 0 bridgehead atoms. The van der Waals surface area contributed by atoms with Gasteiger partial charge in [0.25, 0.3) is 10.0 Å². The second-order valence-corrected chi connectivity index (χ2v) is 5.66. The number of sulfonamides is 1. The quantitative estimate of drug-likeness (QED) is 0.656. The predicted octanol–water partition coefficient (Wildman–Crippen LogP) is 0.152. The molecule has 0 aliphatic rings. The fourth-order valence-corrected chi connectivity index (χ4v) is 2.45. The highest BCUT2D eigenvalue weighted by atomic mass is 32.2. The molecule has 1 aromatic rings. The number of aromatic nitrogens is 1. The highest BCUT2D eigenvalue weighted by Crippen LogP contribution is 2.16. The zero-order chi connectivity index (χ0) is 13.6. The Morgan fingerprint density at radius 2 is 2.22 bits per heavy atom. The standard InChI is InChI=1S/C11H19N3O3S/c1-2-3-10(12)9-4-5-11(13-8-9)18(16,17)14-6-7-15/h4-5,8,10,14-15H,2-3,6-7,12H2,1H3. The van der Waals surface area contributed by atoms with Crippen molar-refractivity contribution in [3.8, 4) is 0 Å². The van der Waals surface area contributed by atoms with Crippen LogP contribution in [-0.4, -0.2) is 31.7 Å². The first kappa shape index (κ1) is 15.0. The van der Waals surface area contributed by atoms with Gasteiger partial charge in [-0.2, -0.15) is 0 Å². The first-order valence-electron chi connectivity index (χ1n) is 5.83. The molecule has 0 aliphatic heterocycles. The number of aliphatic hydroxyl groups is 1. The van der Waals surface area contributed by atoms with E-state index in [9.17, 15) is 8.42 Å². The molecule has 1 unspecified atom stereocenters. The molecule has 1 aromatic heterocycles. The Morgan fingerprint density at radius 3 is 2.72 bits per heavy atom. The summed E-state index contributed by atoms with van der Waals surface area (Å²) in [4.78, 5) is 3.89. The fourth-order valence-electron chi connectivity index (χ4n) is 1.50. The van der Waals surface area contributed by atoms with Crippen molar-refractivity contribution >= 4 is 10.0 Å². The van der Waals surface area contributed by atoms with Gasteiger partial charge in [0.05, 0.1) is 6.61 Å². The van der Waals surface area contributed by atoms with Crippen LogP contribution < -0.4 is 10.5 Å². The second kappa shape index (κ2) is 6.79. The number of nitrogens with one attached hydrogen (secondary N) is 1. The van der Waals surface area contributed by atoms with Crippen LogP contribution in [-0.2, 0) is 10.0 Å². The minimum absolute atomic E-state index is 0.0267. The molecule has 0 amide bonds. The van der Waals surface area contributed by atoms with Crippen molar-refractivity contribution in [2.24, 2.45) is 5.73 Å². The van der Waals surface area contributed by atoms with Crippen LogP contribution in [0.15, 0.2) is 23.4 Å². The van der Waals surface area contributed by atoms with Crippen LogP contribution in [0.3, 0.4) is 0 Å². The summed E-state index contributed by atoms with van der Waals surface area (Å²) in [7, 11) is -3.64. The highest BCUT2D eigenvalue weighted by molar-refractivity contribution is 7.89. The maximum absolute atomic E-state index is 11.7. The van der Waals surface area contributed by atoms with Gasteiger partial charge < -0.3 is 10.8 Å². The van der Waals surface area contributed by atoms with E-state index in [-0.39, 0.29) is 24.2 Å². The average Bonchev–Trinajstić information content (AvgIpc) is 2.37.